The number of benzene rings is 1. The van der Waals surface area contributed by atoms with Crippen LogP contribution in [0.3, 0.4) is 0 Å². The van der Waals surface area contributed by atoms with Crippen molar-refractivity contribution in [2.45, 2.75) is 20.8 Å². The largest absolute Gasteiger partial charge is 0.423 e. The summed E-state index contributed by atoms with van der Waals surface area (Å²) in [5.74, 6) is -1.22. The fraction of sp³-hybridized carbons (Fsp3) is 0.200. The highest BCUT2D eigenvalue weighted by molar-refractivity contribution is 6.06. The van der Waals surface area contributed by atoms with Crippen LogP contribution < -0.4 is 9.47 Å². The monoisotopic (exact) mass is 303 g/mol. The Morgan fingerprint density at radius 3 is 2.32 bits per heavy atom. The highest BCUT2D eigenvalue weighted by atomic mass is 16.6. The van der Waals surface area contributed by atoms with Crippen molar-refractivity contribution < 1.29 is 28.6 Å². The van der Waals surface area contributed by atoms with Crippen LogP contribution in [0, 0.1) is 0 Å². The third-order valence-corrected chi connectivity index (χ3v) is 2.51. The van der Waals surface area contributed by atoms with Gasteiger partial charge in [-0.3, -0.25) is 9.59 Å². The van der Waals surface area contributed by atoms with Crippen molar-refractivity contribution in [1.29, 1.82) is 0 Å². The summed E-state index contributed by atoms with van der Waals surface area (Å²) in [5.41, 5.74) is 0.670. The minimum atomic E-state index is -0.563. The SMILES string of the molecule is CC(=O)Oc1ccc(/C=C2\N=C(C)OC2=O)cc1OC(C)=O. The summed E-state index contributed by atoms with van der Waals surface area (Å²) in [6.45, 7) is 4.02. The molecule has 0 unspecified atom stereocenters. The Morgan fingerprint density at radius 2 is 1.77 bits per heavy atom. The lowest BCUT2D eigenvalue weighted by molar-refractivity contribution is -0.134. The molecule has 0 saturated heterocycles. The van der Waals surface area contributed by atoms with Gasteiger partial charge in [-0.25, -0.2) is 9.79 Å². The molecule has 0 bridgehead atoms. The summed E-state index contributed by atoms with van der Waals surface area (Å²) in [6, 6.07) is 4.51. The van der Waals surface area contributed by atoms with Gasteiger partial charge in [0.05, 0.1) is 0 Å². The zero-order chi connectivity index (χ0) is 16.3. The van der Waals surface area contributed by atoms with Gasteiger partial charge in [0.15, 0.2) is 23.1 Å². The molecule has 1 aromatic rings. The van der Waals surface area contributed by atoms with Crippen molar-refractivity contribution in [3.05, 3.63) is 29.5 Å². The molecule has 1 aliphatic heterocycles. The molecule has 0 aliphatic carbocycles. The summed E-state index contributed by atoms with van der Waals surface area (Å²) in [7, 11) is 0. The van der Waals surface area contributed by atoms with Crippen molar-refractivity contribution in [1.82, 2.24) is 0 Å². The van der Waals surface area contributed by atoms with Gasteiger partial charge in [0.2, 0.25) is 0 Å². The lowest BCUT2D eigenvalue weighted by Gasteiger charge is -2.09. The number of carbonyl (C=O) groups is 3. The molecule has 1 aliphatic rings. The van der Waals surface area contributed by atoms with Crippen LogP contribution in [0.5, 0.6) is 11.5 Å². The molecule has 7 heteroatoms. The van der Waals surface area contributed by atoms with Crippen LogP contribution in [-0.4, -0.2) is 23.8 Å². The molecule has 1 aromatic carbocycles. The summed E-state index contributed by atoms with van der Waals surface area (Å²) < 4.78 is 14.8. The Balaban J connectivity index is 2.38. The van der Waals surface area contributed by atoms with Crippen molar-refractivity contribution >= 4 is 29.9 Å². The molecule has 0 atom stereocenters. The lowest BCUT2D eigenvalue weighted by Crippen LogP contribution is -2.07. The van der Waals surface area contributed by atoms with Crippen molar-refractivity contribution in [3.8, 4) is 11.5 Å². The Bertz CT molecular complexity index is 717. The highest BCUT2D eigenvalue weighted by Crippen LogP contribution is 2.30. The molecule has 0 spiro atoms. The quantitative estimate of drug-likeness (QED) is 0.481. The number of cyclic esters (lactones) is 1. The number of ether oxygens (including phenoxy) is 3. The molecule has 0 amide bonds. The number of esters is 3. The molecule has 0 fully saturated rings. The maximum atomic E-state index is 11.5. The van der Waals surface area contributed by atoms with Crippen LogP contribution >= 0.6 is 0 Å². The minimum absolute atomic E-state index is 0.0733. The first-order valence-corrected chi connectivity index (χ1v) is 6.35. The van der Waals surface area contributed by atoms with E-state index in [2.05, 4.69) is 4.99 Å². The summed E-state index contributed by atoms with van der Waals surface area (Å²) >= 11 is 0. The molecule has 0 saturated carbocycles. The maximum absolute atomic E-state index is 11.5. The first kappa shape index (κ1) is 15.4. The smallest absolute Gasteiger partial charge is 0.363 e. The summed E-state index contributed by atoms with van der Waals surface area (Å²) in [4.78, 5) is 37.6. The standard InChI is InChI=1S/C15H13NO6/c1-8-16-12(15(19)20-8)6-11-4-5-13(21-9(2)17)14(7-11)22-10(3)18/h4-7H,1-3H3/b12-6-. The van der Waals surface area contributed by atoms with Crippen molar-refractivity contribution in [3.63, 3.8) is 0 Å². The third-order valence-electron chi connectivity index (χ3n) is 2.51. The topological polar surface area (TPSA) is 91.3 Å². The van der Waals surface area contributed by atoms with Crippen LogP contribution in [0.25, 0.3) is 6.08 Å². The highest BCUT2D eigenvalue weighted by Gasteiger charge is 2.20. The van der Waals surface area contributed by atoms with E-state index in [0.29, 0.717) is 5.56 Å². The molecule has 1 heterocycles. The van der Waals surface area contributed by atoms with E-state index < -0.39 is 17.9 Å². The van der Waals surface area contributed by atoms with E-state index in [1.807, 2.05) is 0 Å². The molecular weight excluding hydrogens is 290 g/mol. The fourth-order valence-electron chi connectivity index (χ4n) is 1.76. The van der Waals surface area contributed by atoms with Gasteiger partial charge in [-0.1, -0.05) is 6.07 Å². The van der Waals surface area contributed by atoms with E-state index in [0.717, 1.165) is 0 Å². The van der Waals surface area contributed by atoms with Gasteiger partial charge in [-0.15, -0.1) is 0 Å². The second-order valence-corrected chi connectivity index (χ2v) is 4.44. The molecule has 0 radical (unpaired) electrons. The molecule has 22 heavy (non-hydrogen) atoms. The van der Waals surface area contributed by atoms with Gasteiger partial charge < -0.3 is 14.2 Å². The van der Waals surface area contributed by atoms with E-state index in [-0.39, 0.29) is 23.1 Å². The molecule has 7 nitrogen and oxygen atoms in total. The normalized spacial score (nSPS) is 15.3. The van der Waals surface area contributed by atoms with E-state index in [1.54, 1.807) is 13.0 Å². The average Bonchev–Trinajstić information content (AvgIpc) is 2.70. The van der Waals surface area contributed by atoms with E-state index >= 15 is 0 Å². The van der Waals surface area contributed by atoms with E-state index in [4.69, 9.17) is 14.2 Å². The maximum Gasteiger partial charge on any atom is 0.363 e. The minimum Gasteiger partial charge on any atom is -0.423 e. The van der Waals surface area contributed by atoms with Crippen LogP contribution in [0.4, 0.5) is 0 Å². The molecular formula is C15H13NO6. The zero-order valence-corrected chi connectivity index (χ0v) is 12.2. The van der Waals surface area contributed by atoms with Gasteiger partial charge in [0.25, 0.3) is 0 Å². The number of hydrogen-bond donors (Lipinski definition) is 0. The molecule has 114 valence electrons. The van der Waals surface area contributed by atoms with Gasteiger partial charge >= 0.3 is 17.9 Å². The number of carbonyl (C=O) groups excluding carboxylic acids is 3. The number of aliphatic imine (C=N–C) groups is 1. The third kappa shape index (κ3) is 3.78. The summed E-state index contributed by atoms with van der Waals surface area (Å²) in [5, 5.41) is 0. The van der Waals surface area contributed by atoms with Crippen LogP contribution in [0.1, 0.15) is 26.3 Å². The molecule has 0 aromatic heterocycles. The zero-order valence-electron chi connectivity index (χ0n) is 12.2. The van der Waals surface area contributed by atoms with Crippen molar-refractivity contribution in [2.75, 3.05) is 0 Å². The predicted octanol–water partition coefficient (Wildman–Crippen LogP) is 1.85. The van der Waals surface area contributed by atoms with Crippen molar-refractivity contribution in [2.24, 2.45) is 4.99 Å². The Labute approximate surface area is 126 Å². The second-order valence-electron chi connectivity index (χ2n) is 4.44. The van der Waals surface area contributed by atoms with E-state index in [1.165, 1.54) is 32.1 Å². The first-order valence-electron chi connectivity index (χ1n) is 6.35. The fourth-order valence-corrected chi connectivity index (χ4v) is 1.76. The van der Waals surface area contributed by atoms with Gasteiger partial charge in [-0.05, 0) is 23.8 Å². The van der Waals surface area contributed by atoms with Gasteiger partial charge in [0, 0.05) is 20.8 Å². The van der Waals surface area contributed by atoms with Gasteiger partial charge in [-0.2, -0.15) is 0 Å². The first-order chi connectivity index (χ1) is 10.3. The number of rotatable bonds is 3. The van der Waals surface area contributed by atoms with E-state index in [9.17, 15) is 14.4 Å². The Kier molecular flexibility index (Phi) is 4.36. The second kappa shape index (κ2) is 6.21. The van der Waals surface area contributed by atoms with Crippen LogP contribution in [0.2, 0.25) is 0 Å². The molecule has 2 rings (SSSR count). The van der Waals surface area contributed by atoms with Crippen LogP contribution in [-0.2, 0) is 19.1 Å². The van der Waals surface area contributed by atoms with Crippen LogP contribution in [0.15, 0.2) is 28.9 Å². The van der Waals surface area contributed by atoms with Gasteiger partial charge in [0.1, 0.15) is 0 Å². The lowest BCUT2D eigenvalue weighted by atomic mass is 10.1. The Hall–Kier alpha value is -2.96. The number of nitrogens with zero attached hydrogens (tertiary/aromatic N) is 1. The molecule has 0 N–H and O–H groups in total. The predicted molar refractivity (Wildman–Crippen MR) is 76.2 cm³/mol. The number of hydrogen-bond acceptors (Lipinski definition) is 7. The Morgan fingerprint density at radius 1 is 1.14 bits per heavy atom. The summed E-state index contributed by atoms with van der Waals surface area (Å²) in [6.07, 6.45) is 1.48. The average molecular weight is 303 g/mol.